The predicted octanol–water partition coefficient (Wildman–Crippen LogP) is 12.5. The van der Waals surface area contributed by atoms with Crippen molar-refractivity contribution in [2.75, 3.05) is 13.2 Å². The van der Waals surface area contributed by atoms with E-state index in [2.05, 4.69) is 93.7 Å². The van der Waals surface area contributed by atoms with Gasteiger partial charge in [-0.1, -0.05) is 151 Å². The summed E-state index contributed by atoms with van der Waals surface area (Å²) in [5.74, 6) is -1.04. The summed E-state index contributed by atoms with van der Waals surface area (Å²) in [5.41, 5.74) is 0. The third-order valence-electron chi connectivity index (χ3n) is 7.91. The molecule has 1 unspecified atom stereocenters. The summed E-state index contributed by atoms with van der Waals surface area (Å²) in [4.78, 5) is 37.3. The van der Waals surface area contributed by atoms with Crippen LogP contribution in [0.15, 0.2) is 85.1 Å². The molecule has 0 aromatic rings. The summed E-state index contributed by atoms with van der Waals surface area (Å²) in [7, 11) is 0. The third kappa shape index (κ3) is 37.7. The van der Waals surface area contributed by atoms with Gasteiger partial charge in [0.15, 0.2) is 6.10 Å². The van der Waals surface area contributed by atoms with Gasteiger partial charge in [0.05, 0.1) is 0 Å². The van der Waals surface area contributed by atoms with Crippen molar-refractivity contribution in [3.8, 4) is 0 Å². The van der Waals surface area contributed by atoms with E-state index in [0.29, 0.717) is 19.3 Å². The smallest absolute Gasteiger partial charge is 0.306 e. The zero-order chi connectivity index (χ0) is 37.3. The standard InChI is InChI=1S/C45H72O6/c1-4-7-10-13-15-17-19-21-22-24-25-27-29-32-35-38-44(47)50-41-42(40-49-43(46)37-34-31-12-9-6-3)51-45(48)39-36-33-30-28-26-23-20-18-16-14-11-8-5-2/h7-8,10-11,15-18,21-23,26,30,33,42H,4-6,9,12-14,19-20,24-25,27-29,31-32,34-41H2,1-3H3/b10-7-,11-8-,17-15-,18-16-,22-21-,26-23-,33-30-. The van der Waals surface area contributed by atoms with Gasteiger partial charge in [-0.3, -0.25) is 14.4 Å². The zero-order valence-electron chi connectivity index (χ0n) is 32.6. The number of hydrogen-bond acceptors (Lipinski definition) is 6. The van der Waals surface area contributed by atoms with Gasteiger partial charge in [0.2, 0.25) is 0 Å². The Kier molecular flexibility index (Phi) is 36.7. The maximum absolute atomic E-state index is 12.6. The first-order chi connectivity index (χ1) is 25.0. The molecule has 0 radical (unpaired) electrons. The van der Waals surface area contributed by atoms with Crippen molar-refractivity contribution in [2.24, 2.45) is 0 Å². The van der Waals surface area contributed by atoms with Crippen molar-refractivity contribution < 1.29 is 28.6 Å². The van der Waals surface area contributed by atoms with E-state index in [0.717, 1.165) is 116 Å². The molecule has 0 fully saturated rings. The summed E-state index contributed by atoms with van der Waals surface area (Å²) in [5, 5.41) is 0. The van der Waals surface area contributed by atoms with E-state index in [1.54, 1.807) is 0 Å². The fourth-order valence-electron chi connectivity index (χ4n) is 4.94. The number of ether oxygens (including phenoxy) is 3. The van der Waals surface area contributed by atoms with E-state index in [9.17, 15) is 14.4 Å². The minimum atomic E-state index is -0.815. The van der Waals surface area contributed by atoms with Crippen LogP contribution in [0.2, 0.25) is 0 Å². The quantitative estimate of drug-likeness (QED) is 0.0286. The van der Waals surface area contributed by atoms with Gasteiger partial charge in [-0.05, 0) is 77.0 Å². The lowest BCUT2D eigenvalue weighted by molar-refractivity contribution is -0.166. The first-order valence-electron chi connectivity index (χ1n) is 20.1. The van der Waals surface area contributed by atoms with E-state index in [4.69, 9.17) is 14.2 Å². The monoisotopic (exact) mass is 709 g/mol. The molecular formula is C45H72O6. The van der Waals surface area contributed by atoms with Gasteiger partial charge >= 0.3 is 17.9 Å². The Morgan fingerprint density at radius 3 is 1.27 bits per heavy atom. The van der Waals surface area contributed by atoms with E-state index < -0.39 is 12.1 Å². The second kappa shape index (κ2) is 39.4. The molecule has 0 aliphatic rings. The molecule has 0 heterocycles. The Hall–Kier alpha value is -3.41. The Morgan fingerprint density at radius 1 is 0.412 bits per heavy atom. The molecule has 0 aromatic heterocycles. The van der Waals surface area contributed by atoms with Crippen LogP contribution in [0.3, 0.4) is 0 Å². The molecule has 6 nitrogen and oxygen atoms in total. The van der Waals surface area contributed by atoms with Gasteiger partial charge in [-0.25, -0.2) is 0 Å². The Balaban J connectivity index is 4.42. The van der Waals surface area contributed by atoms with Crippen molar-refractivity contribution in [3.63, 3.8) is 0 Å². The Morgan fingerprint density at radius 2 is 0.804 bits per heavy atom. The van der Waals surface area contributed by atoms with Gasteiger partial charge in [0, 0.05) is 19.3 Å². The van der Waals surface area contributed by atoms with Crippen LogP contribution in [0.5, 0.6) is 0 Å². The molecule has 0 rings (SSSR count). The lowest BCUT2D eigenvalue weighted by Crippen LogP contribution is -2.30. The number of esters is 3. The average molecular weight is 709 g/mol. The summed E-state index contributed by atoms with van der Waals surface area (Å²) in [6, 6.07) is 0. The molecule has 0 spiro atoms. The van der Waals surface area contributed by atoms with Crippen molar-refractivity contribution in [1.82, 2.24) is 0 Å². The highest BCUT2D eigenvalue weighted by atomic mass is 16.6. The molecule has 0 aromatic carbocycles. The van der Waals surface area contributed by atoms with Gasteiger partial charge < -0.3 is 14.2 Å². The summed E-state index contributed by atoms with van der Waals surface area (Å²) >= 11 is 0. The molecule has 6 heteroatoms. The lowest BCUT2D eigenvalue weighted by Gasteiger charge is -2.18. The Labute approximate surface area is 312 Å². The molecule has 1 atom stereocenters. The number of rotatable bonds is 34. The highest BCUT2D eigenvalue weighted by Crippen LogP contribution is 2.11. The molecule has 0 amide bonds. The number of carbonyl (C=O) groups is 3. The number of carbonyl (C=O) groups excluding carboxylic acids is 3. The summed E-state index contributed by atoms with van der Waals surface area (Å²) in [6.07, 6.45) is 48.9. The van der Waals surface area contributed by atoms with E-state index in [1.165, 1.54) is 0 Å². The van der Waals surface area contributed by atoms with Gasteiger partial charge in [-0.2, -0.15) is 0 Å². The SMILES string of the molecule is CC/C=C\C/C=C\C/C=C\C/C=C\CCC(=O)OC(COC(=O)CCCCCCC)COC(=O)CCCCCCC/C=C\C/C=C\C/C=C\CC. The van der Waals surface area contributed by atoms with Gasteiger partial charge in [0.25, 0.3) is 0 Å². The van der Waals surface area contributed by atoms with Crippen LogP contribution >= 0.6 is 0 Å². The van der Waals surface area contributed by atoms with E-state index in [1.807, 2.05) is 12.2 Å². The fraction of sp³-hybridized carbons (Fsp3) is 0.622. The molecule has 0 N–H and O–H groups in total. The van der Waals surface area contributed by atoms with Crippen LogP contribution < -0.4 is 0 Å². The first kappa shape index (κ1) is 47.6. The second-order valence-electron chi connectivity index (χ2n) is 12.8. The van der Waals surface area contributed by atoms with Crippen LogP contribution in [-0.2, 0) is 28.6 Å². The van der Waals surface area contributed by atoms with Crippen LogP contribution in [0.25, 0.3) is 0 Å². The first-order valence-corrected chi connectivity index (χ1v) is 20.1. The van der Waals surface area contributed by atoms with Crippen molar-refractivity contribution in [2.45, 2.75) is 168 Å². The van der Waals surface area contributed by atoms with Crippen molar-refractivity contribution in [3.05, 3.63) is 85.1 Å². The van der Waals surface area contributed by atoms with Crippen LogP contribution in [-0.4, -0.2) is 37.2 Å². The molecule has 288 valence electrons. The fourth-order valence-corrected chi connectivity index (χ4v) is 4.94. The minimum Gasteiger partial charge on any atom is -0.462 e. The number of allylic oxidation sites excluding steroid dienone is 14. The van der Waals surface area contributed by atoms with E-state index >= 15 is 0 Å². The second-order valence-corrected chi connectivity index (χ2v) is 12.8. The normalized spacial score (nSPS) is 12.9. The molecule has 0 bridgehead atoms. The number of unbranched alkanes of at least 4 members (excludes halogenated alkanes) is 9. The highest BCUT2D eigenvalue weighted by molar-refractivity contribution is 5.71. The van der Waals surface area contributed by atoms with Crippen LogP contribution in [0.4, 0.5) is 0 Å². The highest BCUT2D eigenvalue weighted by Gasteiger charge is 2.19. The van der Waals surface area contributed by atoms with E-state index in [-0.39, 0.29) is 31.6 Å². The van der Waals surface area contributed by atoms with Crippen molar-refractivity contribution >= 4 is 17.9 Å². The Bertz CT molecular complexity index is 1040. The lowest BCUT2D eigenvalue weighted by atomic mass is 10.1. The molecule has 0 aliphatic heterocycles. The van der Waals surface area contributed by atoms with Crippen molar-refractivity contribution in [1.29, 1.82) is 0 Å². The summed E-state index contributed by atoms with van der Waals surface area (Å²) < 4.78 is 16.4. The summed E-state index contributed by atoms with van der Waals surface area (Å²) in [6.45, 7) is 6.20. The minimum absolute atomic E-state index is 0.113. The number of hydrogen-bond donors (Lipinski definition) is 0. The molecule has 0 aliphatic carbocycles. The molecule has 0 saturated carbocycles. The average Bonchev–Trinajstić information content (AvgIpc) is 3.12. The van der Waals surface area contributed by atoms with Gasteiger partial charge in [-0.15, -0.1) is 0 Å². The van der Waals surface area contributed by atoms with Crippen LogP contribution in [0, 0.1) is 0 Å². The van der Waals surface area contributed by atoms with Crippen LogP contribution in [0.1, 0.15) is 162 Å². The molecular weight excluding hydrogens is 636 g/mol. The topological polar surface area (TPSA) is 78.9 Å². The zero-order valence-corrected chi connectivity index (χ0v) is 32.6. The maximum Gasteiger partial charge on any atom is 0.306 e. The maximum atomic E-state index is 12.6. The largest absolute Gasteiger partial charge is 0.462 e. The molecule has 0 saturated heterocycles. The molecule has 51 heavy (non-hydrogen) atoms. The van der Waals surface area contributed by atoms with Gasteiger partial charge in [0.1, 0.15) is 13.2 Å². The third-order valence-corrected chi connectivity index (χ3v) is 7.91. The predicted molar refractivity (Wildman–Crippen MR) is 214 cm³/mol.